The maximum Gasteiger partial charge on any atom is 0.141 e. The van der Waals surface area contributed by atoms with Gasteiger partial charge in [0.05, 0.1) is 17.0 Å². The second-order valence-corrected chi connectivity index (χ2v) is 6.58. The predicted octanol–water partition coefficient (Wildman–Crippen LogP) is 6.85. The zero-order valence-corrected chi connectivity index (χ0v) is 15.6. The first kappa shape index (κ1) is 17.6. The van der Waals surface area contributed by atoms with Gasteiger partial charge < -0.3 is 10.1 Å². The molecule has 1 atom stereocenters. The third-order valence-electron chi connectivity index (χ3n) is 3.45. The molecule has 2 aromatic rings. The number of hydrogen-bond acceptors (Lipinski definition) is 4. The molecule has 2 aromatic carbocycles. The molecule has 0 spiro atoms. The molecule has 0 bridgehead atoms. The molecule has 1 aliphatic heterocycles. The van der Waals surface area contributed by atoms with Crippen LogP contribution in [0.5, 0.6) is 0 Å². The lowest BCUT2D eigenvalue weighted by atomic mass is 10.2. The van der Waals surface area contributed by atoms with Crippen LogP contribution in [-0.4, -0.2) is 6.10 Å². The van der Waals surface area contributed by atoms with E-state index in [-0.39, 0.29) is 11.1 Å². The largest absolute Gasteiger partial charge is 0.492 e. The van der Waals surface area contributed by atoms with Crippen molar-refractivity contribution in [2.24, 2.45) is 10.2 Å². The van der Waals surface area contributed by atoms with Crippen LogP contribution in [0, 0.1) is 5.82 Å². The van der Waals surface area contributed by atoms with Crippen LogP contribution in [0.4, 0.5) is 21.5 Å². The Morgan fingerprint density at radius 3 is 2.72 bits per heavy atom. The Labute approximate surface area is 158 Å². The quantitative estimate of drug-likeness (QED) is 0.548. The van der Waals surface area contributed by atoms with E-state index in [0.717, 1.165) is 10.2 Å². The third kappa shape index (κ3) is 4.46. The van der Waals surface area contributed by atoms with E-state index < -0.39 is 5.82 Å². The lowest BCUT2D eigenvalue weighted by Crippen LogP contribution is -2.10. The minimum Gasteiger partial charge on any atom is -0.492 e. The Morgan fingerprint density at radius 2 is 1.96 bits per heavy atom. The average molecular weight is 423 g/mol. The number of benzene rings is 2. The van der Waals surface area contributed by atoms with Gasteiger partial charge in [-0.25, -0.2) is 4.39 Å². The van der Waals surface area contributed by atoms with E-state index in [1.54, 1.807) is 18.4 Å². The summed E-state index contributed by atoms with van der Waals surface area (Å²) in [5, 5.41) is 11.8. The van der Waals surface area contributed by atoms with Gasteiger partial charge >= 0.3 is 0 Å². The Morgan fingerprint density at radius 1 is 1.16 bits per heavy atom. The molecule has 0 amide bonds. The minimum atomic E-state index is -0.452. The van der Waals surface area contributed by atoms with Crippen LogP contribution in [0.15, 0.2) is 75.2 Å². The first-order valence-corrected chi connectivity index (χ1v) is 8.65. The molecule has 7 heteroatoms. The summed E-state index contributed by atoms with van der Waals surface area (Å²) >= 11 is 9.24. The molecule has 4 nitrogen and oxygen atoms in total. The summed E-state index contributed by atoms with van der Waals surface area (Å²) in [5.74, 6) is -0.452. The van der Waals surface area contributed by atoms with Gasteiger partial charge in [-0.05, 0) is 65.3 Å². The fourth-order valence-corrected chi connectivity index (χ4v) is 2.88. The van der Waals surface area contributed by atoms with Gasteiger partial charge in [0.15, 0.2) is 0 Å². The number of hydrogen-bond donors (Lipinski definition) is 1. The van der Waals surface area contributed by atoms with E-state index in [0.29, 0.717) is 17.1 Å². The van der Waals surface area contributed by atoms with E-state index in [4.69, 9.17) is 16.3 Å². The van der Waals surface area contributed by atoms with Crippen molar-refractivity contribution in [1.82, 2.24) is 0 Å². The van der Waals surface area contributed by atoms with Gasteiger partial charge in [-0.15, -0.1) is 5.11 Å². The smallest absolute Gasteiger partial charge is 0.141 e. The molecular weight excluding hydrogens is 409 g/mol. The van der Waals surface area contributed by atoms with Crippen LogP contribution < -0.4 is 5.32 Å². The van der Waals surface area contributed by atoms with Gasteiger partial charge in [0.25, 0.3) is 0 Å². The highest BCUT2D eigenvalue weighted by Gasteiger charge is 2.15. The molecule has 0 saturated carbocycles. The molecule has 0 saturated heterocycles. The Kier molecular flexibility index (Phi) is 5.50. The zero-order chi connectivity index (χ0) is 17.8. The molecule has 1 unspecified atom stereocenters. The second-order valence-electron chi connectivity index (χ2n) is 5.32. The van der Waals surface area contributed by atoms with Gasteiger partial charge in [0.2, 0.25) is 0 Å². The van der Waals surface area contributed by atoms with E-state index >= 15 is 0 Å². The maximum absolute atomic E-state index is 13.2. The monoisotopic (exact) mass is 421 g/mol. The van der Waals surface area contributed by atoms with Gasteiger partial charge in [0.1, 0.15) is 17.6 Å². The number of ether oxygens (including phenoxy) is 1. The average Bonchev–Trinajstić information content (AvgIpc) is 2.58. The molecule has 128 valence electrons. The van der Waals surface area contributed by atoms with Crippen LogP contribution in [0.25, 0.3) is 0 Å². The lowest BCUT2D eigenvalue weighted by molar-refractivity contribution is 0.186. The normalized spacial score (nSPS) is 17.0. The van der Waals surface area contributed by atoms with E-state index in [1.165, 1.54) is 12.1 Å². The summed E-state index contributed by atoms with van der Waals surface area (Å²) in [6, 6.07) is 11.9. The van der Waals surface area contributed by atoms with Crippen LogP contribution in [0.3, 0.4) is 0 Å². The topological polar surface area (TPSA) is 46.0 Å². The van der Waals surface area contributed by atoms with Crippen molar-refractivity contribution < 1.29 is 9.13 Å². The number of rotatable bonds is 4. The van der Waals surface area contributed by atoms with Crippen LogP contribution in [0.1, 0.15) is 6.92 Å². The third-order valence-corrected chi connectivity index (χ3v) is 4.41. The molecule has 0 aliphatic carbocycles. The standard InChI is InChI=1S/C18H14BrClFN3O/c1-11-18(15(19)7-8-25-11)24-23-14-4-2-3-12(9-14)22-13-5-6-17(21)16(20)10-13/h2-11,22H,1H3. The summed E-state index contributed by atoms with van der Waals surface area (Å²) in [7, 11) is 0. The van der Waals surface area contributed by atoms with E-state index in [1.807, 2.05) is 31.2 Å². The predicted molar refractivity (Wildman–Crippen MR) is 101 cm³/mol. The SMILES string of the molecule is CC1OC=CC(Br)=C1N=Nc1cccc(Nc2ccc(F)c(Cl)c2)c1. The van der Waals surface area contributed by atoms with Crippen LogP contribution >= 0.6 is 27.5 Å². The second kappa shape index (κ2) is 7.80. The first-order chi connectivity index (χ1) is 12.0. The Hall–Kier alpha value is -2.18. The van der Waals surface area contributed by atoms with Crippen molar-refractivity contribution in [3.8, 4) is 0 Å². The number of allylic oxidation sites excluding steroid dienone is 2. The lowest BCUT2D eigenvalue weighted by Gasteiger charge is -2.16. The van der Waals surface area contributed by atoms with Crippen LogP contribution in [0.2, 0.25) is 5.02 Å². The molecule has 1 aliphatic rings. The molecule has 3 rings (SSSR count). The van der Waals surface area contributed by atoms with E-state index in [9.17, 15) is 4.39 Å². The van der Waals surface area contributed by atoms with Crippen molar-refractivity contribution in [1.29, 1.82) is 0 Å². The number of azo groups is 1. The molecule has 25 heavy (non-hydrogen) atoms. The number of halogens is 3. The van der Waals surface area contributed by atoms with Gasteiger partial charge in [-0.1, -0.05) is 17.7 Å². The summed E-state index contributed by atoms with van der Waals surface area (Å²) in [6.07, 6.45) is 3.22. The molecule has 0 fully saturated rings. The Balaban J connectivity index is 1.78. The number of nitrogens with zero attached hydrogens (tertiary/aromatic N) is 2. The van der Waals surface area contributed by atoms with Crippen molar-refractivity contribution in [2.45, 2.75) is 13.0 Å². The van der Waals surface area contributed by atoms with Crippen molar-refractivity contribution in [3.63, 3.8) is 0 Å². The fraction of sp³-hybridized carbons (Fsp3) is 0.111. The summed E-state index contributed by atoms with van der Waals surface area (Å²) in [5.41, 5.74) is 2.87. The summed E-state index contributed by atoms with van der Waals surface area (Å²) in [6.45, 7) is 1.90. The van der Waals surface area contributed by atoms with Crippen molar-refractivity contribution in [3.05, 3.63) is 75.8 Å². The van der Waals surface area contributed by atoms with Gasteiger partial charge in [0, 0.05) is 15.9 Å². The molecule has 1 heterocycles. The number of nitrogens with one attached hydrogen (secondary N) is 1. The zero-order valence-electron chi connectivity index (χ0n) is 13.2. The highest BCUT2D eigenvalue weighted by Crippen LogP contribution is 2.28. The Bertz CT molecular complexity index is 882. The molecule has 0 aromatic heterocycles. The highest BCUT2D eigenvalue weighted by molar-refractivity contribution is 9.11. The fourth-order valence-electron chi connectivity index (χ4n) is 2.19. The number of anilines is 2. The van der Waals surface area contributed by atoms with Crippen molar-refractivity contribution in [2.75, 3.05) is 5.32 Å². The minimum absolute atomic E-state index is 0.0666. The van der Waals surface area contributed by atoms with Gasteiger partial charge in [-0.2, -0.15) is 5.11 Å². The van der Waals surface area contributed by atoms with Crippen molar-refractivity contribution >= 4 is 44.6 Å². The first-order valence-electron chi connectivity index (χ1n) is 7.48. The summed E-state index contributed by atoms with van der Waals surface area (Å²) in [4.78, 5) is 0. The van der Waals surface area contributed by atoms with Gasteiger partial charge in [-0.3, -0.25) is 0 Å². The maximum atomic E-state index is 13.2. The molecule has 0 radical (unpaired) electrons. The highest BCUT2D eigenvalue weighted by atomic mass is 79.9. The molecular formula is C18H14BrClFN3O. The van der Waals surface area contributed by atoms with E-state index in [2.05, 4.69) is 31.5 Å². The summed E-state index contributed by atoms with van der Waals surface area (Å²) < 4.78 is 19.5. The van der Waals surface area contributed by atoms with Crippen LogP contribution in [-0.2, 0) is 4.74 Å². The molecule has 1 N–H and O–H groups in total.